The first-order valence-corrected chi connectivity index (χ1v) is 6.88. The number of fused-ring (bicyclic) bond motifs is 1. The minimum atomic E-state index is -2.32. The zero-order valence-corrected chi connectivity index (χ0v) is 12.7. The van der Waals surface area contributed by atoms with E-state index in [1.165, 1.54) is 12.1 Å². The van der Waals surface area contributed by atoms with Crippen molar-refractivity contribution in [3.63, 3.8) is 0 Å². The number of nitrogens with one attached hydrogen (secondary N) is 1. The van der Waals surface area contributed by atoms with Gasteiger partial charge in [-0.25, -0.2) is 26.9 Å². The van der Waals surface area contributed by atoms with Gasteiger partial charge in [0, 0.05) is 10.6 Å². The lowest BCUT2D eigenvalue weighted by Crippen LogP contribution is -2.14. The maximum absolute atomic E-state index is 13.7. The van der Waals surface area contributed by atoms with Crippen LogP contribution in [0.5, 0.6) is 0 Å². The van der Waals surface area contributed by atoms with E-state index in [9.17, 15) is 26.7 Å². The first-order valence-electron chi connectivity index (χ1n) is 6.13. The van der Waals surface area contributed by atoms with Gasteiger partial charge in [-0.05, 0) is 12.1 Å². The Kier molecular flexibility index (Phi) is 3.97. The van der Waals surface area contributed by atoms with E-state index in [1.54, 1.807) is 0 Å². The first-order chi connectivity index (χ1) is 11.2. The number of aliphatic imine (C=N–C) groups is 1. The van der Waals surface area contributed by atoms with Crippen LogP contribution in [0.1, 0.15) is 5.56 Å². The second kappa shape index (κ2) is 5.71. The highest BCUT2D eigenvalue weighted by Crippen LogP contribution is 2.36. The molecule has 1 heterocycles. The average Bonchev–Trinajstić information content (AvgIpc) is 2.84. The number of amides is 1. The van der Waals surface area contributed by atoms with Crippen molar-refractivity contribution in [3.8, 4) is 0 Å². The van der Waals surface area contributed by atoms with E-state index in [1.807, 2.05) is 0 Å². The summed E-state index contributed by atoms with van der Waals surface area (Å²) in [5.74, 6) is -11.9. The molecule has 24 heavy (non-hydrogen) atoms. The fourth-order valence-electron chi connectivity index (χ4n) is 2.10. The third-order valence-electron chi connectivity index (χ3n) is 3.17. The van der Waals surface area contributed by atoms with Gasteiger partial charge in [0.1, 0.15) is 11.4 Å². The molecule has 1 N–H and O–H groups in total. The van der Waals surface area contributed by atoms with Crippen molar-refractivity contribution >= 4 is 46.2 Å². The number of nitrogens with zero attached hydrogens (tertiary/aromatic N) is 1. The highest BCUT2D eigenvalue weighted by Gasteiger charge is 2.31. The maximum Gasteiger partial charge on any atom is 0.275 e. The average molecular weight is 381 g/mol. The van der Waals surface area contributed by atoms with Gasteiger partial charge in [0.15, 0.2) is 23.3 Å². The van der Waals surface area contributed by atoms with Crippen molar-refractivity contribution in [3.05, 3.63) is 56.8 Å². The Hall–Kier alpha value is -2.19. The molecule has 1 aliphatic rings. The summed E-state index contributed by atoms with van der Waals surface area (Å²) >= 11 is 11.7. The summed E-state index contributed by atoms with van der Waals surface area (Å²) in [6.45, 7) is 0. The van der Waals surface area contributed by atoms with Gasteiger partial charge in [0.05, 0.1) is 10.7 Å². The first kappa shape index (κ1) is 16.7. The van der Waals surface area contributed by atoms with Crippen molar-refractivity contribution in [1.82, 2.24) is 0 Å². The van der Waals surface area contributed by atoms with E-state index in [0.717, 1.165) is 0 Å². The zero-order chi connectivity index (χ0) is 17.8. The van der Waals surface area contributed by atoms with Crippen LogP contribution in [-0.4, -0.2) is 11.6 Å². The Balaban J connectivity index is 2.28. The number of hydrogen-bond acceptors (Lipinski definition) is 2. The molecule has 2 aromatic carbocycles. The number of carbonyl (C=O) groups is 1. The van der Waals surface area contributed by atoms with Gasteiger partial charge in [-0.3, -0.25) is 4.79 Å². The van der Waals surface area contributed by atoms with Gasteiger partial charge < -0.3 is 5.32 Å². The number of carbonyl (C=O) groups excluding carboxylic acids is 1. The molecular weight excluding hydrogens is 378 g/mol. The Morgan fingerprint density at radius 3 is 2.00 bits per heavy atom. The topological polar surface area (TPSA) is 41.5 Å². The van der Waals surface area contributed by atoms with Crippen molar-refractivity contribution < 1.29 is 26.7 Å². The summed E-state index contributed by atoms with van der Waals surface area (Å²) in [5.41, 5.74) is -2.03. The lowest BCUT2D eigenvalue weighted by Gasteiger charge is -2.05. The highest BCUT2D eigenvalue weighted by atomic mass is 35.5. The summed E-state index contributed by atoms with van der Waals surface area (Å²) in [4.78, 5) is 15.2. The molecule has 0 aromatic heterocycles. The van der Waals surface area contributed by atoms with Crippen LogP contribution in [0.2, 0.25) is 10.0 Å². The normalized spacial score (nSPS) is 15.0. The molecule has 0 spiro atoms. The van der Waals surface area contributed by atoms with Gasteiger partial charge >= 0.3 is 0 Å². The molecule has 0 fully saturated rings. The quantitative estimate of drug-likeness (QED) is 0.432. The minimum absolute atomic E-state index is 0.0217. The van der Waals surface area contributed by atoms with Crippen LogP contribution in [0.3, 0.4) is 0 Å². The molecule has 0 bridgehead atoms. The summed E-state index contributed by atoms with van der Waals surface area (Å²) < 4.78 is 66.9. The standard InChI is InChI=1S/C14H3Cl2F5N2O/c15-3-1-4-11(5(16)2-3)23-14(24)12(4)22-13-9(20)7(18)6(17)8(19)10(13)21/h1-2H,(H,22,23,24). The fourth-order valence-corrected chi connectivity index (χ4v) is 2.64. The number of anilines is 1. The molecule has 124 valence electrons. The predicted octanol–water partition coefficient (Wildman–Crippen LogP) is 4.76. The molecule has 0 radical (unpaired) electrons. The van der Waals surface area contributed by atoms with Gasteiger partial charge in [0.2, 0.25) is 5.82 Å². The van der Waals surface area contributed by atoms with E-state index >= 15 is 0 Å². The van der Waals surface area contributed by atoms with Crippen molar-refractivity contribution in [2.75, 3.05) is 5.32 Å². The van der Waals surface area contributed by atoms with Gasteiger partial charge in [0.25, 0.3) is 5.91 Å². The maximum atomic E-state index is 13.7. The summed E-state index contributed by atoms with van der Waals surface area (Å²) in [6.07, 6.45) is 0. The third-order valence-corrected chi connectivity index (χ3v) is 3.69. The van der Waals surface area contributed by atoms with Crippen molar-refractivity contribution in [2.24, 2.45) is 4.99 Å². The highest BCUT2D eigenvalue weighted by molar-refractivity contribution is 6.56. The van der Waals surface area contributed by atoms with Gasteiger partial charge in [-0.1, -0.05) is 23.2 Å². The number of rotatable bonds is 1. The lowest BCUT2D eigenvalue weighted by molar-refractivity contribution is -0.110. The van der Waals surface area contributed by atoms with Crippen LogP contribution in [0.4, 0.5) is 33.3 Å². The summed E-state index contributed by atoms with van der Waals surface area (Å²) in [5, 5.41) is 2.38. The van der Waals surface area contributed by atoms with Crippen LogP contribution in [0, 0.1) is 29.1 Å². The molecule has 0 unspecified atom stereocenters. The van der Waals surface area contributed by atoms with Crippen molar-refractivity contribution in [2.45, 2.75) is 0 Å². The third kappa shape index (κ3) is 2.42. The molecule has 10 heteroatoms. The van der Waals surface area contributed by atoms with Gasteiger partial charge in [-0.15, -0.1) is 0 Å². The SMILES string of the molecule is O=C1Nc2c(Cl)cc(Cl)cc2C1=Nc1c(F)c(F)c(F)c(F)c1F. The van der Waals surface area contributed by atoms with Crippen LogP contribution >= 0.6 is 23.2 Å². The van der Waals surface area contributed by atoms with E-state index < -0.39 is 46.4 Å². The molecule has 0 atom stereocenters. The molecule has 2 aromatic rings. The monoisotopic (exact) mass is 380 g/mol. The number of benzene rings is 2. The number of halogens is 7. The lowest BCUT2D eigenvalue weighted by atomic mass is 10.1. The van der Waals surface area contributed by atoms with E-state index in [-0.39, 0.29) is 21.3 Å². The van der Waals surface area contributed by atoms with Crippen LogP contribution < -0.4 is 5.32 Å². The smallest absolute Gasteiger partial charge is 0.275 e. The molecule has 3 rings (SSSR count). The second-order valence-electron chi connectivity index (χ2n) is 4.64. The Bertz CT molecular complexity index is 916. The number of hydrogen-bond donors (Lipinski definition) is 1. The molecule has 1 amide bonds. The summed E-state index contributed by atoms with van der Waals surface area (Å²) in [7, 11) is 0. The second-order valence-corrected chi connectivity index (χ2v) is 5.49. The fraction of sp³-hybridized carbons (Fsp3) is 0. The summed E-state index contributed by atoms with van der Waals surface area (Å²) in [6, 6.07) is 2.51. The Morgan fingerprint density at radius 1 is 0.875 bits per heavy atom. The van der Waals surface area contributed by atoms with Crippen LogP contribution in [0.25, 0.3) is 0 Å². The van der Waals surface area contributed by atoms with E-state index in [4.69, 9.17) is 23.2 Å². The van der Waals surface area contributed by atoms with Crippen LogP contribution in [-0.2, 0) is 4.79 Å². The zero-order valence-electron chi connectivity index (χ0n) is 11.2. The minimum Gasteiger partial charge on any atom is -0.319 e. The molecule has 0 aliphatic carbocycles. The van der Waals surface area contributed by atoms with Crippen molar-refractivity contribution in [1.29, 1.82) is 0 Å². The largest absolute Gasteiger partial charge is 0.319 e. The predicted molar refractivity (Wildman–Crippen MR) is 77.5 cm³/mol. The van der Waals surface area contributed by atoms with E-state index in [2.05, 4.69) is 10.3 Å². The van der Waals surface area contributed by atoms with Gasteiger partial charge in [-0.2, -0.15) is 0 Å². The molecule has 0 saturated heterocycles. The van der Waals surface area contributed by atoms with Crippen LogP contribution in [0.15, 0.2) is 17.1 Å². The Labute approximate surface area is 140 Å². The Morgan fingerprint density at radius 2 is 1.42 bits per heavy atom. The molecule has 1 aliphatic heterocycles. The molecule has 0 saturated carbocycles. The van der Waals surface area contributed by atoms with E-state index in [0.29, 0.717) is 0 Å². The molecule has 3 nitrogen and oxygen atoms in total. The molecular formula is C14H3Cl2F5N2O.